The normalized spacial score (nSPS) is 16.5. The van der Waals surface area contributed by atoms with Crippen LogP contribution in [-0.4, -0.2) is 28.8 Å². The second-order valence-electron chi connectivity index (χ2n) is 4.73. The number of hydrogen-bond acceptors (Lipinski definition) is 4. The van der Waals surface area contributed by atoms with Gasteiger partial charge in [0.05, 0.1) is 18.4 Å². The number of nitrogens with one attached hydrogen (secondary N) is 1. The lowest BCUT2D eigenvalue weighted by atomic mass is 10.0. The van der Waals surface area contributed by atoms with Gasteiger partial charge in [-0.05, 0) is 6.07 Å². The molecule has 2 aromatic rings. The summed E-state index contributed by atoms with van der Waals surface area (Å²) in [7, 11) is 0. The zero-order valence-corrected chi connectivity index (χ0v) is 11.0. The van der Waals surface area contributed by atoms with E-state index in [1.807, 2.05) is 24.3 Å². The van der Waals surface area contributed by atoms with Crippen LogP contribution in [0.3, 0.4) is 0 Å². The van der Waals surface area contributed by atoms with E-state index in [4.69, 9.17) is 10.5 Å². The molecule has 6 nitrogen and oxygen atoms in total. The summed E-state index contributed by atoms with van der Waals surface area (Å²) < 4.78 is 7.21. The Balaban J connectivity index is 1.55. The van der Waals surface area contributed by atoms with Crippen molar-refractivity contribution >= 4 is 11.6 Å². The first-order valence-corrected chi connectivity index (χ1v) is 6.51. The fourth-order valence-electron chi connectivity index (χ4n) is 2.30. The fourth-order valence-corrected chi connectivity index (χ4v) is 2.30. The molecule has 1 aromatic heterocycles. The second kappa shape index (κ2) is 5.24. The number of hydrogen-bond donors (Lipinski definition) is 2. The topological polar surface area (TPSA) is 82.2 Å². The number of aromatic nitrogens is 2. The number of fused-ring (bicyclic) bond motifs is 1. The molecule has 3 N–H and O–H groups in total. The minimum Gasteiger partial charge on any atom is -0.492 e. The molecule has 104 valence electrons. The average Bonchev–Trinajstić information content (AvgIpc) is 3.05. The molecular formula is C14H16N4O2. The monoisotopic (exact) mass is 272 g/mol. The van der Waals surface area contributed by atoms with Crippen LogP contribution < -0.4 is 15.8 Å². The van der Waals surface area contributed by atoms with E-state index in [2.05, 4.69) is 10.4 Å². The molecule has 1 atom stereocenters. The molecule has 0 fully saturated rings. The van der Waals surface area contributed by atoms with Gasteiger partial charge in [-0.15, -0.1) is 0 Å². The van der Waals surface area contributed by atoms with Crippen molar-refractivity contribution < 1.29 is 9.53 Å². The van der Waals surface area contributed by atoms with Gasteiger partial charge < -0.3 is 15.8 Å². The third-order valence-electron chi connectivity index (χ3n) is 3.31. The molecule has 1 aromatic carbocycles. The van der Waals surface area contributed by atoms with Crippen molar-refractivity contribution in [2.24, 2.45) is 0 Å². The van der Waals surface area contributed by atoms with E-state index in [0.29, 0.717) is 25.4 Å². The highest BCUT2D eigenvalue weighted by atomic mass is 16.5. The highest BCUT2D eigenvalue weighted by Gasteiger charge is 2.29. The van der Waals surface area contributed by atoms with Crippen molar-refractivity contribution in [1.82, 2.24) is 15.1 Å². The highest BCUT2D eigenvalue weighted by molar-refractivity contribution is 5.85. The molecule has 0 bridgehead atoms. The van der Waals surface area contributed by atoms with E-state index in [-0.39, 0.29) is 11.8 Å². The van der Waals surface area contributed by atoms with Gasteiger partial charge in [0, 0.05) is 18.3 Å². The molecule has 20 heavy (non-hydrogen) atoms. The van der Waals surface area contributed by atoms with E-state index < -0.39 is 0 Å². The standard InChI is InChI=1S/C14H16N4O2/c15-10-7-17-18(8-10)6-5-16-14(19)12-9-20-13-4-2-1-3-11(12)13/h1-4,7-8,12H,5-6,9,15H2,(H,16,19). The van der Waals surface area contributed by atoms with Crippen molar-refractivity contribution in [2.45, 2.75) is 12.5 Å². The number of rotatable bonds is 4. The number of carbonyl (C=O) groups is 1. The van der Waals surface area contributed by atoms with E-state index >= 15 is 0 Å². The van der Waals surface area contributed by atoms with Gasteiger partial charge in [-0.3, -0.25) is 9.48 Å². The van der Waals surface area contributed by atoms with Gasteiger partial charge in [0.15, 0.2) is 0 Å². The van der Waals surface area contributed by atoms with Gasteiger partial charge in [0.1, 0.15) is 18.3 Å². The number of nitrogens with two attached hydrogens (primary N) is 1. The number of nitrogen functional groups attached to an aromatic ring is 1. The predicted molar refractivity (Wildman–Crippen MR) is 74.3 cm³/mol. The third-order valence-corrected chi connectivity index (χ3v) is 3.31. The minimum atomic E-state index is -0.228. The first-order valence-electron chi connectivity index (χ1n) is 6.51. The Morgan fingerprint density at radius 2 is 2.35 bits per heavy atom. The van der Waals surface area contributed by atoms with Crippen LogP contribution in [0.15, 0.2) is 36.7 Å². The third kappa shape index (κ3) is 2.45. The maximum absolute atomic E-state index is 12.2. The average molecular weight is 272 g/mol. The van der Waals surface area contributed by atoms with Crippen molar-refractivity contribution in [3.05, 3.63) is 42.2 Å². The molecule has 0 spiro atoms. The quantitative estimate of drug-likeness (QED) is 0.860. The number of nitrogens with zero attached hydrogens (tertiary/aromatic N) is 2. The van der Waals surface area contributed by atoms with Crippen molar-refractivity contribution in [2.75, 3.05) is 18.9 Å². The van der Waals surface area contributed by atoms with Crippen LogP contribution in [0.25, 0.3) is 0 Å². The second-order valence-corrected chi connectivity index (χ2v) is 4.73. The Labute approximate surface area is 116 Å². The van der Waals surface area contributed by atoms with E-state index in [0.717, 1.165) is 11.3 Å². The first-order chi connectivity index (χ1) is 9.74. The molecule has 0 radical (unpaired) electrons. The number of carbonyl (C=O) groups excluding carboxylic acids is 1. The lowest BCUT2D eigenvalue weighted by Crippen LogP contribution is -2.32. The number of ether oxygens (including phenoxy) is 1. The molecule has 0 aliphatic carbocycles. The molecule has 6 heteroatoms. The zero-order chi connectivity index (χ0) is 13.9. The Kier molecular flexibility index (Phi) is 3.28. The maximum Gasteiger partial charge on any atom is 0.231 e. The van der Waals surface area contributed by atoms with Gasteiger partial charge in [-0.25, -0.2) is 0 Å². The number of amides is 1. The van der Waals surface area contributed by atoms with E-state index in [1.165, 1.54) is 0 Å². The molecule has 3 rings (SSSR count). The zero-order valence-electron chi connectivity index (χ0n) is 11.0. The van der Waals surface area contributed by atoms with E-state index in [1.54, 1.807) is 17.1 Å². The molecule has 1 amide bonds. The Bertz CT molecular complexity index is 623. The highest BCUT2D eigenvalue weighted by Crippen LogP contribution is 2.33. The van der Waals surface area contributed by atoms with Gasteiger partial charge in [0.2, 0.25) is 5.91 Å². The fraction of sp³-hybridized carbons (Fsp3) is 0.286. The lowest BCUT2D eigenvalue weighted by Gasteiger charge is -2.10. The molecular weight excluding hydrogens is 256 g/mol. The summed E-state index contributed by atoms with van der Waals surface area (Å²) in [6, 6.07) is 7.64. The van der Waals surface area contributed by atoms with Crippen LogP contribution in [0.2, 0.25) is 0 Å². The van der Waals surface area contributed by atoms with Crippen molar-refractivity contribution in [1.29, 1.82) is 0 Å². The van der Waals surface area contributed by atoms with Crippen molar-refractivity contribution in [3.63, 3.8) is 0 Å². The number of benzene rings is 1. The van der Waals surface area contributed by atoms with Crippen LogP contribution in [0.5, 0.6) is 5.75 Å². The largest absolute Gasteiger partial charge is 0.492 e. The van der Waals surface area contributed by atoms with Gasteiger partial charge >= 0.3 is 0 Å². The number of anilines is 1. The SMILES string of the molecule is Nc1cnn(CCNC(=O)C2COc3ccccc32)c1. The summed E-state index contributed by atoms with van der Waals surface area (Å²) in [5, 5.41) is 6.96. The summed E-state index contributed by atoms with van der Waals surface area (Å²) in [5.74, 6) is 0.552. The number of para-hydroxylation sites is 1. The van der Waals surface area contributed by atoms with Crippen LogP contribution in [0, 0.1) is 0 Å². The summed E-state index contributed by atoms with van der Waals surface area (Å²) in [4.78, 5) is 12.2. The Morgan fingerprint density at radius 3 is 3.15 bits per heavy atom. The molecule has 1 unspecified atom stereocenters. The molecule has 1 aliphatic heterocycles. The molecule has 0 saturated carbocycles. The maximum atomic E-state index is 12.2. The summed E-state index contributed by atoms with van der Waals surface area (Å²) in [6.07, 6.45) is 3.32. The van der Waals surface area contributed by atoms with Crippen LogP contribution in [0.1, 0.15) is 11.5 Å². The van der Waals surface area contributed by atoms with E-state index in [9.17, 15) is 4.79 Å². The Hall–Kier alpha value is -2.50. The van der Waals surface area contributed by atoms with Gasteiger partial charge in [-0.2, -0.15) is 5.10 Å². The van der Waals surface area contributed by atoms with Crippen LogP contribution in [0.4, 0.5) is 5.69 Å². The molecule has 1 aliphatic rings. The minimum absolute atomic E-state index is 0.0184. The summed E-state index contributed by atoms with van der Waals surface area (Å²) in [5.41, 5.74) is 7.15. The van der Waals surface area contributed by atoms with Crippen LogP contribution in [-0.2, 0) is 11.3 Å². The Morgan fingerprint density at radius 1 is 1.50 bits per heavy atom. The smallest absolute Gasteiger partial charge is 0.231 e. The van der Waals surface area contributed by atoms with Crippen LogP contribution >= 0.6 is 0 Å². The molecule has 2 heterocycles. The van der Waals surface area contributed by atoms with Gasteiger partial charge in [0.25, 0.3) is 0 Å². The predicted octanol–water partition coefficient (Wildman–Crippen LogP) is 0.758. The first kappa shape index (κ1) is 12.5. The van der Waals surface area contributed by atoms with Gasteiger partial charge in [-0.1, -0.05) is 18.2 Å². The van der Waals surface area contributed by atoms with Crippen molar-refractivity contribution in [3.8, 4) is 5.75 Å². The summed E-state index contributed by atoms with van der Waals surface area (Å²) >= 11 is 0. The molecule has 0 saturated heterocycles. The lowest BCUT2D eigenvalue weighted by molar-refractivity contribution is -0.122. The summed E-state index contributed by atoms with van der Waals surface area (Å²) in [6.45, 7) is 1.51.